The van der Waals surface area contributed by atoms with E-state index in [9.17, 15) is 0 Å². The largest absolute Gasteiger partial charge is 0.543 e. The Hall–Kier alpha value is -2.01. The van der Waals surface area contributed by atoms with Crippen LogP contribution in [0, 0.1) is 0 Å². The Kier molecular flexibility index (Phi) is 4.06. The van der Waals surface area contributed by atoms with Crippen LogP contribution in [0.1, 0.15) is 5.69 Å². The van der Waals surface area contributed by atoms with Gasteiger partial charge in [-0.15, -0.1) is 0 Å². The van der Waals surface area contributed by atoms with Gasteiger partial charge < -0.3 is 4.43 Å². The number of hydrogen-bond acceptors (Lipinski definition) is 4. The summed E-state index contributed by atoms with van der Waals surface area (Å²) < 4.78 is 6.01. The topological polar surface area (TPSA) is 47.4 Å². The van der Waals surface area contributed by atoms with Crippen LogP contribution < -0.4 is 4.43 Å². The van der Waals surface area contributed by atoms with Crippen molar-refractivity contribution in [2.45, 2.75) is 19.6 Å². The summed E-state index contributed by atoms with van der Waals surface area (Å²) in [5.74, 6) is 0.826. The lowest BCUT2D eigenvalue weighted by atomic mass is 10.3. The van der Waals surface area contributed by atoms with Gasteiger partial charge in [-0.1, -0.05) is 12.1 Å². The van der Waals surface area contributed by atoms with Gasteiger partial charge in [0.05, 0.1) is 11.9 Å². The minimum absolute atomic E-state index is 0.776. The first-order chi connectivity index (χ1) is 9.04. The van der Waals surface area contributed by atoms with Crippen LogP contribution >= 0.6 is 0 Å². The molecule has 1 aromatic carbocycles. The van der Waals surface area contributed by atoms with Gasteiger partial charge in [-0.3, -0.25) is 4.99 Å². The molecule has 98 valence electrons. The Bertz CT molecular complexity index is 564. The molecule has 0 radical (unpaired) electrons. The van der Waals surface area contributed by atoms with Crippen molar-refractivity contribution in [2.75, 3.05) is 0 Å². The summed E-state index contributed by atoms with van der Waals surface area (Å²) in [6, 6.07) is 9.60. The fraction of sp³-hybridized carbons (Fsp3) is 0.214. The van der Waals surface area contributed by atoms with Crippen LogP contribution in [-0.2, 0) is 0 Å². The van der Waals surface area contributed by atoms with Gasteiger partial charge in [0.1, 0.15) is 17.8 Å². The summed E-state index contributed by atoms with van der Waals surface area (Å²) in [4.78, 5) is 12.4. The van der Waals surface area contributed by atoms with Gasteiger partial charge in [0.25, 0.3) is 0 Å². The Balaban J connectivity index is 2.23. The van der Waals surface area contributed by atoms with Crippen molar-refractivity contribution in [2.24, 2.45) is 4.99 Å². The molecule has 0 aliphatic carbocycles. The van der Waals surface area contributed by atoms with Gasteiger partial charge >= 0.3 is 0 Å². The molecule has 2 rings (SSSR count). The predicted molar refractivity (Wildman–Crippen MR) is 79.7 cm³/mol. The number of aliphatic imine (C=N–C) groups is 1. The van der Waals surface area contributed by atoms with Crippen molar-refractivity contribution in [3.63, 3.8) is 0 Å². The number of para-hydroxylation sites is 2. The van der Waals surface area contributed by atoms with E-state index < -0.39 is 8.32 Å². The van der Waals surface area contributed by atoms with Gasteiger partial charge in [0, 0.05) is 6.20 Å². The second-order valence-corrected chi connectivity index (χ2v) is 9.50. The zero-order valence-corrected chi connectivity index (χ0v) is 12.4. The van der Waals surface area contributed by atoms with E-state index in [4.69, 9.17) is 4.43 Å². The second-order valence-electron chi connectivity index (χ2n) is 5.07. The highest BCUT2D eigenvalue weighted by Crippen LogP contribution is 2.28. The number of aromatic nitrogens is 2. The zero-order valence-electron chi connectivity index (χ0n) is 11.4. The first-order valence-electron chi connectivity index (χ1n) is 6.13. The molecule has 0 N–H and O–H groups in total. The van der Waals surface area contributed by atoms with Crippen molar-refractivity contribution in [1.29, 1.82) is 0 Å². The van der Waals surface area contributed by atoms with E-state index in [0.29, 0.717) is 0 Å². The monoisotopic (exact) mass is 271 g/mol. The Morgan fingerprint density at radius 2 is 1.95 bits per heavy atom. The molecule has 2 aromatic rings. The highest BCUT2D eigenvalue weighted by Gasteiger charge is 2.17. The van der Waals surface area contributed by atoms with Crippen LogP contribution in [0.5, 0.6) is 5.75 Å². The first-order valence-corrected chi connectivity index (χ1v) is 9.53. The van der Waals surface area contributed by atoms with Crippen molar-refractivity contribution in [1.82, 2.24) is 9.97 Å². The summed E-state index contributed by atoms with van der Waals surface area (Å²) in [7, 11) is -1.64. The molecule has 0 amide bonds. The summed E-state index contributed by atoms with van der Waals surface area (Å²) in [5, 5.41) is 0. The molecule has 0 saturated heterocycles. The van der Waals surface area contributed by atoms with Crippen molar-refractivity contribution in [3.8, 4) is 5.75 Å². The highest BCUT2D eigenvalue weighted by molar-refractivity contribution is 6.70. The molecule has 0 aliphatic heterocycles. The van der Waals surface area contributed by atoms with E-state index in [1.54, 1.807) is 12.4 Å². The SMILES string of the molecule is C[Si](C)(C)Oc1ccccc1N=Cc1ccncn1. The summed E-state index contributed by atoms with van der Waals surface area (Å²) in [5.41, 5.74) is 1.60. The zero-order chi connectivity index (χ0) is 13.7. The maximum atomic E-state index is 6.01. The van der Waals surface area contributed by atoms with Crippen LogP contribution in [-0.4, -0.2) is 24.5 Å². The van der Waals surface area contributed by atoms with Gasteiger partial charge in [-0.25, -0.2) is 9.97 Å². The molecule has 0 unspecified atom stereocenters. The van der Waals surface area contributed by atoms with Crippen LogP contribution in [0.2, 0.25) is 19.6 Å². The third-order valence-corrected chi connectivity index (χ3v) is 3.05. The van der Waals surface area contributed by atoms with Crippen LogP contribution in [0.25, 0.3) is 0 Å². The smallest absolute Gasteiger partial charge is 0.242 e. The van der Waals surface area contributed by atoms with E-state index >= 15 is 0 Å². The third-order valence-electron chi connectivity index (χ3n) is 2.22. The molecule has 19 heavy (non-hydrogen) atoms. The molecule has 0 atom stereocenters. The number of nitrogens with zero attached hydrogens (tertiary/aromatic N) is 3. The predicted octanol–water partition coefficient (Wildman–Crippen LogP) is 3.44. The third kappa shape index (κ3) is 4.29. The van der Waals surface area contributed by atoms with E-state index in [0.717, 1.165) is 17.1 Å². The Morgan fingerprint density at radius 3 is 2.63 bits per heavy atom. The fourth-order valence-electron chi connectivity index (χ4n) is 1.49. The van der Waals surface area contributed by atoms with Crippen LogP contribution in [0.15, 0.2) is 47.8 Å². The fourth-order valence-corrected chi connectivity index (χ4v) is 2.33. The van der Waals surface area contributed by atoms with E-state index in [1.165, 1.54) is 6.33 Å². The van der Waals surface area contributed by atoms with Gasteiger partial charge in [-0.05, 0) is 37.8 Å². The molecule has 0 saturated carbocycles. The lowest BCUT2D eigenvalue weighted by Gasteiger charge is -2.20. The second kappa shape index (κ2) is 5.75. The minimum atomic E-state index is -1.64. The molecule has 1 heterocycles. The standard InChI is InChI=1S/C14H17N3OSi/c1-19(2,3)18-14-7-5-4-6-13(14)16-10-12-8-9-15-11-17-12/h4-11H,1-3H3. The average molecular weight is 271 g/mol. The van der Waals surface area contributed by atoms with Gasteiger partial charge in [-0.2, -0.15) is 0 Å². The van der Waals surface area contributed by atoms with Crippen molar-refractivity contribution in [3.05, 3.63) is 48.5 Å². The average Bonchev–Trinajstić information content (AvgIpc) is 2.37. The molecule has 1 aromatic heterocycles. The molecule has 0 bridgehead atoms. The number of benzene rings is 1. The van der Waals surface area contributed by atoms with Crippen LogP contribution in [0.4, 0.5) is 5.69 Å². The summed E-state index contributed by atoms with van der Waals surface area (Å²) in [6.07, 6.45) is 4.92. The maximum Gasteiger partial charge on any atom is 0.242 e. The molecular formula is C14H17N3OSi. The minimum Gasteiger partial charge on any atom is -0.543 e. The molecule has 5 heteroatoms. The number of hydrogen-bond donors (Lipinski definition) is 0. The summed E-state index contributed by atoms with van der Waals surface area (Å²) >= 11 is 0. The Labute approximate surface area is 114 Å². The number of rotatable bonds is 4. The summed E-state index contributed by atoms with van der Waals surface area (Å²) in [6.45, 7) is 6.45. The van der Waals surface area contributed by atoms with Gasteiger partial charge in [0.2, 0.25) is 8.32 Å². The molecule has 4 nitrogen and oxygen atoms in total. The lowest BCUT2D eigenvalue weighted by Crippen LogP contribution is -2.29. The van der Waals surface area contributed by atoms with Crippen molar-refractivity contribution < 1.29 is 4.43 Å². The molecule has 0 fully saturated rings. The van der Waals surface area contributed by atoms with Crippen molar-refractivity contribution >= 4 is 20.2 Å². The molecule has 0 aliphatic rings. The van der Waals surface area contributed by atoms with E-state index in [2.05, 4.69) is 34.6 Å². The lowest BCUT2D eigenvalue weighted by molar-refractivity contribution is 0.559. The quantitative estimate of drug-likeness (QED) is 0.632. The highest BCUT2D eigenvalue weighted by atomic mass is 28.4. The van der Waals surface area contributed by atoms with E-state index in [1.807, 2.05) is 30.3 Å². The maximum absolute atomic E-state index is 6.01. The van der Waals surface area contributed by atoms with Gasteiger partial charge in [0.15, 0.2) is 0 Å². The Morgan fingerprint density at radius 1 is 1.16 bits per heavy atom. The molecular weight excluding hydrogens is 254 g/mol. The normalized spacial score (nSPS) is 11.7. The first kappa shape index (κ1) is 13.4. The van der Waals surface area contributed by atoms with Crippen LogP contribution in [0.3, 0.4) is 0 Å². The van der Waals surface area contributed by atoms with E-state index in [-0.39, 0.29) is 0 Å². The molecule has 0 spiro atoms.